The van der Waals surface area contributed by atoms with Crippen LogP contribution >= 0.6 is 11.9 Å². The summed E-state index contributed by atoms with van der Waals surface area (Å²) in [7, 11) is 1.64. The van der Waals surface area contributed by atoms with Crippen LogP contribution in [0.5, 0.6) is 5.75 Å². The number of benzene rings is 2. The highest BCUT2D eigenvalue weighted by Gasteiger charge is 2.21. The Morgan fingerprint density at radius 2 is 1.79 bits per heavy atom. The van der Waals surface area contributed by atoms with Crippen molar-refractivity contribution >= 4 is 29.2 Å². The summed E-state index contributed by atoms with van der Waals surface area (Å²) in [6, 6.07) is 15.3. The highest BCUT2D eigenvalue weighted by Crippen LogP contribution is 2.29. The molecule has 0 bridgehead atoms. The van der Waals surface area contributed by atoms with Gasteiger partial charge in [0, 0.05) is 11.3 Å². The molecule has 1 amide bonds. The minimum Gasteiger partial charge on any atom is -0.497 e. The lowest BCUT2D eigenvalue weighted by Gasteiger charge is -2.13. The van der Waals surface area contributed by atoms with Crippen molar-refractivity contribution in [3.05, 3.63) is 65.5 Å². The molecule has 7 heteroatoms. The predicted molar refractivity (Wildman–Crippen MR) is 112 cm³/mol. The SMILES string of the molecule is CCc1noc(CC)c1C(=O)Nc1ccccc1NSc1ccc(OC)cc1. The molecule has 28 heavy (non-hydrogen) atoms. The van der Waals surface area contributed by atoms with Gasteiger partial charge in [-0.2, -0.15) is 0 Å². The van der Waals surface area contributed by atoms with E-state index in [1.807, 2.05) is 62.4 Å². The smallest absolute Gasteiger partial charge is 0.261 e. The number of nitrogens with one attached hydrogen (secondary N) is 2. The van der Waals surface area contributed by atoms with E-state index in [2.05, 4.69) is 15.2 Å². The number of aryl methyl sites for hydroxylation is 2. The summed E-state index contributed by atoms with van der Waals surface area (Å²) < 4.78 is 13.8. The monoisotopic (exact) mass is 397 g/mol. The molecule has 0 aliphatic carbocycles. The first-order chi connectivity index (χ1) is 13.7. The molecule has 0 aliphatic heterocycles. The second-order valence-corrected chi connectivity index (χ2v) is 6.89. The van der Waals surface area contributed by atoms with Crippen LogP contribution in [0.15, 0.2) is 57.9 Å². The number of hydrogen-bond donors (Lipinski definition) is 2. The first kappa shape index (κ1) is 19.8. The van der Waals surface area contributed by atoms with Crippen molar-refractivity contribution in [3.8, 4) is 5.75 Å². The van der Waals surface area contributed by atoms with E-state index in [4.69, 9.17) is 9.26 Å². The Bertz CT molecular complexity index is 917. The molecule has 3 aromatic rings. The fourth-order valence-electron chi connectivity index (χ4n) is 2.73. The Morgan fingerprint density at radius 1 is 1.07 bits per heavy atom. The van der Waals surface area contributed by atoms with Crippen LogP contribution in [0.4, 0.5) is 11.4 Å². The predicted octanol–water partition coefficient (Wildman–Crippen LogP) is 5.18. The Labute approximate surface area is 168 Å². The summed E-state index contributed by atoms with van der Waals surface area (Å²) >= 11 is 1.46. The molecular weight excluding hydrogens is 374 g/mol. The Kier molecular flexibility index (Phi) is 6.60. The number of hydrogen-bond acceptors (Lipinski definition) is 6. The topological polar surface area (TPSA) is 76.4 Å². The maximum Gasteiger partial charge on any atom is 0.261 e. The lowest BCUT2D eigenvalue weighted by molar-refractivity contribution is 0.102. The lowest BCUT2D eigenvalue weighted by Crippen LogP contribution is -2.15. The van der Waals surface area contributed by atoms with Gasteiger partial charge in [-0.15, -0.1) is 0 Å². The normalized spacial score (nSPS) is 10.5. The number of para-hydroxylation sites is 2. The Balaban J connectivity index is 1.75. The van der Waals surface area contributed by atoms with Crippen LogP contribution in [0, 0.1) is 0 Å². The maximum absolute atomic E-state index is 12.9. The minimum atomic E-state index is -0.210. The molecule has 0 aliphatic rings. The molecule has 2 N–H and O–H groups in total. The summed E-state index contributed by atoms with van der Waals surface area (Å²) in [5.74, 6) is 1.20. The molecule has 0 spiro atoms. The van der Waals surface area contributed by atoms with E-state index in [-0.39, 0.29) is 5.91 Å². The van der Waals surface area contributed by atoms with Crippen molar-refractivity contribution in [1.82, 2.24) is 5.16 Å². The molecule has 6 nitrogen and oxygen atoms in total. The van der Waals surface area contributed by atoms with Crippen LogP contribution in [-0.4, -0.2) is 18.2 Å². The van der Waals surface area contributed by atoms with E-state index in [1.165, 1.54) is 11.9 Å². The first-order valence-electron chi connectivity index (χ1n) is 9.11. The molecule has 1 heterocycles. The van der Waals surface area contributed by atoms with Gasteiger partial charge in [-0.1, -0.05) is 31.1 Å². The lowest BCUT2D eigenvalue weighted by atomic mass is 10.1. The third-order valence-electron chi connectivity index (χ3n) is 4.23. The largest absolute Gasteiger partial charge is 0.497 e. The quantitative estimate of drug-likeness (QED) is 0.510. The number of carbonyl (C=O) groups excluding carboxylic acids is 1. The van der Waals surface area contributed by atoms with Gasteiger partial charge >= 0.3 is 0 Å². The zero-order valence-electron chi connectivity index (χ0n) is 16.1. The molecule has 0 unspecified atom stereocenters. The highest BCUT2D eigenvalue weighted by atomic mass is 32.2. The second-order valence-electron chi connectivity index (χ2n) is 6.01. The fraction of sp³-hybridized carbons (Fsp3) is 0.238. The van der Waals surface area contributed by atoms with E-state index < -0.39 is 0 Å². The van der Waals surface area contributed by atoms with Crippen LogP contribution in [0.3, 0.4) is 0 Å². The molecule has 0 saturated carbocycles. The molecule has 0 fully saturated rings. The molecule has 0 atom stereocenters. The Morgan fingerprint density at radius 3 is 2.43 bits per heavy atom. The van der Waals surface area contributed by atoms with E-state index in [0.717, 1.165) is 16.3 Å². The van der Waals surface area contributed by atoms with Gasteiger partial charge in [-0.25, -0.2) is 0 Å². The van der Waals surface area contributed by atoms with E-state index >= 15 is 0 Å². The average Bonchev–Trinajstić information content (AvgIpc) is 3.17. The van der Waals surface area contributed by atoms with Crippen molar-refractivity contribution in [3.63, 3.8) is 0 Å². The number of anilines is 2. The number of amides is 1. The van der Waals surface area contributed by atoms with Crippen LogP contribution in [0.1, 0.15) is 35.7 Å². The number of ether oxygens (including phenoxy) is 1. The molecule has 1 aromatic heterocycles. The van der Waals surface area contributed by atoms with Crippen molar-refractivity contribution < 1.29 is 14.1 Å². The third-order valence-corrected chi connectivity index (χ3v) is 5.06. The zero-order chi connectivity index (χ0) is 19.9. The van der Waals surface area contributed by atoms with Gasteiger partial charge in [0.05, 0.1) is 24.2 Å². The maximum atomic E-state index is 12.9. The fourth-order valence-corrected chi connectivity index (χ4v) is 3.40. The molecular formula is C21H23N3O3S. The number of methoxy groups -OCH3 is 1. The van der Waals surface area contributed by atoms with Gasteiger partial charge in [0.1, 0.15) is 17.1 Å². The summed E-state index contributed by atoms with van der Waals surface area (Å²) in [4.78, 5) is 13.9. The summed E-state index contributed by atoms with van der Waals surface area (Å²) in [5.41, 5.74) is 2.71. The molecule has 0 saturated heterocycles. The number of carbonyl (C=O) groups is 1. The highest BCUT2D eigenvalue weighted by molar-refractivity contribution is 8.00. The van der Waals surface area contributed by atoms with Gasteiger partial charge in [-0.3, -0.25) is 4.79 Å². The van der Waals surface area contributed by atoms with Gasteiger partial charge in [-0.05, 0) is 54.8 Å². The summed E-state index contributed by atoms with van der Waals surface area (Å²) in [6.45, 7) is 3.90. The summed E-state index contributed by atoms with van der Waals surface area (Å²) in [6.07, 6.45) is 1.25. The molecule has 146 valence electrons. The molecule has 3 rings (SSSR count). The van der Waals surface area contributed by atoms with Crippen molar-refractivity contribution in [2.24, 2.45) is 0 Å². The van der Waals surface area contributed by atoms with E-state index in [0.29, 0.717) is 35.5 Å². The van der Waals surface area contributed by atoms with Crippen LogP contribution < -0.4 is 14.8 Å². The van der Waals surface area contributed by atoms with Gasteiger partial charge < -0.3 is 19.3 Å². The standard InChI is InChI=1S/C21H23N3O3S/c1-4-16-20(19(5-2)27-23-16)21(25)22-17-8-6-7-9-18(17)24-28-15-12-10-14(26-3)11-13-15/h6-13,24H,4-5H2,1-3H3,(H,22,25). The van der Waals surface area contributed by atoms with Crippen molar-refractivity contribution in [2.45, 2.75) is 31.6 Å². The van der Waals surface area contributed by atoms with Gasteiger partial charge in [0.25, 0.3) is 5.91 Å². The Hall–Kier alpha value is -2.93. The first-order valence-corrected chi connectivity index (χ1v) is 9.92. The second kappa shape index (κ2) is 9.32. The van der Waals surface area contributed by atoms with Gasteiger partial charge in [0.2, 0.25) is 0 Å². The summed E-state index contributed by atoms with van der Waals surface area (Å²) in [5, 5.41) is 7.00. The average molecular weight is 398 g/mol. The van der Waals surface area contributed by atoms with Crippen LogP contribution in [0.25, 0.3) is 0 Å². The van der Waals surface area contributed by atoms with Crippen LogP contribution in [0.2, 0.25) is 0 Å². The zero-order valence-corrected chi connectivity index (χ0v) is 16.9. The number of rotatable bonds is 8. The third kappa shape index (κ3) is 4.48. The number of aromatic nitrogens is 1. The molecule has 2 aromatic carbocycles. The molecule has 0 radical (unpaired) electrons. The van der Waals surface area contributed by atoms with Crippen molar-refractivity contribution in [2.75, 3.05) is 17.1 Å². The van der Waals surface area contributed by atoms with E-state index in [1.54, 1.807) is 7.11 Å². The van der Waals surface area contributed by atoms with Crippen LogP contribution in [-0.2, 0) is 12.8 Å². The minimum absolute atomic E-state index is 0.210. The van der Waals surface area contributed by atoms with E-state index in [9.17, 15) is 4.79 Å². The van der Waals surface area contributed by atoms with Gasteiger partial charge in [0.15, 0.2) is 0 Å². The van der Waals surface area contributed by atoms with Crippen molar-refractivity contribution in [1.29, 1.82) is 0 Å². The number of nitrogens with zero attached hydrogens (tertiary/aromatic N) is 1.